The Hall–Kier alpha value is -0.790. The van der Waals surface area contributed by atoms with E-state index in [-0.39, 0.29) is 11.4 Å². The minimum absolute atomic E-state index is 0.0353. The van der Waals surface area contributed by atoms with Crippen LogP contribution in [0.1, 0.15) is 0 Å². The van der Waals surface area contributed by atoms with Crippen molar-refractivity contribution < 1.29 is 9.53 Å². The second-order valence-corrected chi connectivity index (χ2v) is 4.54. The van der Waals surface area contributed by atoms with Crippen LogP contribution in [0.25, 0.3) is 0 Å². The Morgan fingerprint density at radius 3 is 2.25 bits per heavy atom. The zero-order chi connectivity index (χ0) is 8.09. The van der Waals surface area contributed by atoms with Crippen molar-refractivity contribution >= 4 is 5.97 Å². The highest BCUT2D eigenvalue weighted by Crippen LogP contribution is 2.94. The standard InChI is InChI=1S/C10H10O2/c1-12-9(11)10-6-4-2-3-5(6)8(10)7(4)10/h2-8H,1H3. The lowest BCUT2D eigenvalue weighted by atomic mass is 9.58. The van der Waals surface area contributed by atoms with Crippen LogP contribution in [0.2, 0.25) is 0 Å². The van der Waals surface area contributed by atoms with E-state index >= 15 is 0 Å². The van der Waals surface area contributed by atoms with Crippen molar-refractivity contribution in [2.45, 2.75) is 0 Å². The van der Waals surface area contributed by atoms with Crippen molar-refractivity contribution in [2.75, 3.05) is 7.11 Å². The van der Waals surface area contributed by atoms with Gasteiger partial charge in [-0.05, 0) is 29.6 Å². The minimum Gasteiger partial charge on any atom is -0.469 e. The van der Waals surface area contributed by atoms with Gasteiger partial charge >= 0.3 is 5.97 Å². The lowest BCUT2D eigenvalue weighted by Gasteiger charge is -2.44. The molecule has 0 radical (unpaired) electrons. The van der Waals surface area contributed by atoms with Gasteiger partial charge in [-0.15, -0.1) is 0 Å². The molecule has 4 atom stereocenters. The summed E-state index contributed by atoms with van der Waals surface area (Å²) < 4.78 is 4.86. The van der Waals surface area contributed by atoms with E-state index < -0.39 is 0 Å². The second kappa shape index (κ2) is 1.26. The highest BCUT2D eigenvalue weighted by Gasteiger charge is 2.96. The fourth-order valence-corrected chi connectivity index (χ4v) is 4.45. The third-order valence-electron chi connectivity index (χ3n) is 4.69. The molecule has 2 nitrogen and oxygen atoms in total. The molecule has 4 rings (SSSR count). The lowest BCUT2D eigenvalue weighted by Crippen LogP contribution is -2.49. The second-order valence-electron chi connectivity index (χ2n) is 4.54. The van der Waals surface area contributed by atoms with Crippen LogP contribution in [0.5, 0.6) is 0 Å². The molecule has 4 aliphatic rings. The van der Waals surface area contributed by atoms with Gasteiger partial charge in [-0.2, -0.15) is 0 Å². The van der Waals surface area contributed by atoms with Crippen LogP contribution in [-0.2, 0) is 9.53 Å². The number of carbonyl (C=O) groups is 1. The fraction of sp³-hybridized carbons (Fsp3) is 0.700. The van der Waals surface area contributed by atoms with Gasteiger partial charge in [0.2, 0.25) is 0 Å². The number of hydrogen-bond acceptors (Lipinski definition) is 2. The first kappa shape index (κ1) is 5.79. The van der Waals surface area contributed by atoms with Crippen LogP contribution in [0.15, 0.2) is 12.2 Å². The number of rotatable bonds is 1. The highest BCUT2D eigenvalue weighted by atomic mass is 16.5. The normalized spacial score (nSPS) is 66.2. The summed E-state index contributed by atoms with van der Waals surface area (Å²) in [6.45, 7) is 0. The van der Waals surface area contributed by atoms with E-state index in [0.29, 0.717) is 17.8 Å². The quantitative estimate of drug-likeness (QED) is 0.422. The van der Waals surface area contributed by atoms with E-state index in [2.05, 4.69) is 12.2 Å². The molecule has 4 aliphatic carbocycles. The molecule has 0 heterocycles. The molecule has 0 spiro atoms. The number of allylic oxidation sites excluding steroid dienone is 2. The Kier molecular flexibility index (Phi) is 0.608. The van der Waals surface area contributed by atoms with Crippen LogP contribution >= 0.6 is 0 Å². The zero-order valence-electron chi connectivity index (χ0n) is 6.86. The van der Waals surface area contributed by atoms with Gasteiger partial charge in [0.15, 0.2) is 0 Å². The smallest absolute Gasteiger partial charge is 0.312 e. The zero-order valence-corrected chi connectivity index (χ0v) is 6.86. The van der Waals surface area contributed by atoms with Crippen LogP contribution in [0.4, 0.5) is 0 Å². The summed E-state index contributed by atoms with van der Waals surface area (Å²) in [5, 5.41) is 0. The lowest BCUT2D eigenvalue weighted by molar-refractivity contribution is -0.163. The Morgan fingerprint density at radius 2 is 1.83 bits per heavy atom. The maximum absolute atomic E-state index is 11.5. The SMILES string of the molecule is COC(=O)C12C3C4C=CC3C1C42. The Morgan fingerprint density at radius 1 is 1.25 bits per heavy atom. The molecule has 62 valence electrons. The number of esters is 1. The molecule has 2 heteroatoms. The predicted molar refractivity (Wildman–Crippen MR) is 41.0 cm³/mol. The third kappa shape index (κ3) is 0.267. The summed E-state index contributed by atoms with van der Waals surface area (Å²) in [6.07, 6.45) is 4.62. The number of carbonyl (C=O) groups excluding carboxylic acids is 1. The minimum atomic E-state index is 0.0353. The monoisotopic (exact) mass is 162 g/mol. The van der Waals surface area contributed by atoms with E-state index in [1.54, 1.807) is 0 Å². The summed E-state index contributed by atoms with van der Waals surface area (Å²) in [6, 6.07) is 0. The van der Waals surface area contributed by atoms with Gasteiger partial charge in [-0.25, -0.2) is 0 Å². The molecular weight excluding hydrogens is 152 g/mol. The van der Waals surface area contributed by atoms with Gasteiger partial charge in [0.1, 0.15) is 0 Å². The molecule has 0 aromatic heterocycles. The van der Waals surface area contributed by atoms with Gasteiger partial charge < -0.3 is 4.74 Å². The Balaban J connectivity index is 1.77. The molecule has 0 amide bonds. The molecule has 0 aromatic rings. The first-order valence-corrected chi connectivity index (χ1v) is 4.60. The summed E-state index contributed by atoms with van der Waals surface area (Å²) in [4.78, 5) is 11.5. The molecule has 0 N–H and O–H groups in total. The summed E-state index contributed by atoms with van der Waals surface area (Å²) in [7, 11) is 1.51. The summed E-state index contributed by atoms with van der Waals surface area (Å²) in [5.41, 5.74) is 0.0353. The van der Waals surface area contributed by atoms with Crippen molar-refractivity contribution in [3.8, 4) is 0 Å². The van der Waals surface area contributed by atoms with Crippen molar-refractivity contribution in [2.24, 2.45) is 35.0 Å². The largest absolute Gasteiger partial charge is 0.469 e. The molecule has 4 unspecified atom stereocenters. The van der Waals surface area contributed by atoms with Gasteiger partial charge in [0.05, 0.1) is 12.5 Å². The van der Waals surface area contributed by atoms with Crippen molar-refractivity contribution in [1.82, 2.24) is 0 Å². The maximum atomic E-state index is 11.5. The van der Waals surface area contributed by atoms with Gasteiger partial charge in [0, 0.05) is 0 Å². The molecular formula is C10H10O2. The Labute approximate surface area is 70.6 Å². The molecule has 12 heavy (non-hydrogen) atoms. The van der Waals surface area contributed by atoms with E-state index in [1.807, 2.05) is 0 Å². The van der Waals surface area contributed by atoms with Crippen LogP contribution in [0.3, 0.4) is 0 Å². The third-order valence-corrected chi connectivity index (χ3v) is 4.69. The van der Waals surface area contributed by atoms with Gasteiger partial charge in [-0.1, -0.05) is 12.2 Å². The molecule has 0 saturated heterocycles. The van der Waals surface area contributed by atoms with Gasteiger partial charge in [0.25, 0.3) is 0 Å². The number of fused-ring (bicyclic) bond motifs is 3. The van der Waals surface area contributed by atoms with E-state index in [1.165, 1.54) is 7.11 Å². The van der Waals surface area contributed by atoms with E-state index in [0.717, 1.165) is 11.8 Å². The van der Waals surface area contributed by atoms with Crippen molar-refractivity contribution in [3.63, 3.8) is 0 Å². The average Bonchev–Trinajstić information content (AvgIpc) is 2.39. The van der Waals surface area contributed by atoms with Gasteiger partial charge in [-0.3, -0.25) is 4.79 Å². The first-order valence-electron chi connectivity index (χ1n) is 4.60. The molecule has 3 saturated carbocycles. The first-order chi connectivity index (χ1) is 5.83. The molecule has 3 fully saturated rings. The van der Waals surface area contributed by atoms with Crippen LogP contribution < -0.4 is 0 Å². The molecule has 0 aliphatic heterocycles. The van der Waals surface area contributed by atoms with E-state index in [4.69, 9.17) is 4.74 Å². The van der Waals surface area contributed by atoms with Crippen molar-refractivity contribution in [1.29, 1.82) is 0 Å². The summed E-state index contributed by atoms with van der Waals surface area (Å²) in [5.74, 6) is 3.59. The number of ether oxygens (including phenoxy) is 1. The number of hydrogen-bond donors (Lipinski definition) is 0. The topological polar surface area (TPSA) is 26.3 Å². The predicted octanol–water partition coefficient (Wildman–Crippen LogP) is 0.837. The van der Waals surface area contributed by atoms with Crippen LogP contribution in [-0.4, -0.2) is 13.1 Å². The highest BCUT2D eigenvalue weighted by molar-refractivity contribution is 5.88. The van der Waals surface area contributed by atoms with Crippen LogP contribution in [0, 0.1) is 35.0 Å². The fourth-order valence-electron chi connectivity index (χ4n) is 4.45. The molecule has 0 aromatic carbocycles. The average molecular weight is 162 g/mol. The van der Waals surface area contributed by atoms with Crippen molar-refractivity contribution in [3.05, 3.63) is 12.2 Å². The Bertz CT molecular complexity index is 311. The summed E-state index contributed by atoms with van der Waals surface area (Å²) >= 11 is 0. The maximum Gasteiger partial charge on any atom is 0.312 e. The van der Waals surface area contributed by atoms with E-state index in [9.17, 15) is 4.79 Å². The molecule has 0 bridgehead atoms. The number of methoxy groups -OCH3 is 1.